The lowest BCUT2D eigenvalue weighted by Gasteiger charge is -2.00. The zero-order valence-electron chi connectivity index (χ0n) is 11.2. The SMILES string of the molecule is O=C(C=C(O)c1nc[nH]n1)c1ccoc1-c1ccc(F)cc1. The molecule has 3 rings (SSSR count). The molecule has 0 spiro atoms. The standard InChI is InChI=1S/C15H10FN3O3/c16-10-3-1-9(2-4-10)14-11(5-6-22-14)12(20)7-13(21)15-17-8-18-19-15/h1-8,21H,(H,17,18,19). The van der Waals surface area contributed by atoms with Crippen LogP contribution in [0.3, 0.4) is 0 Å². The van der Waals surface area contributed by atoms with E-state index < -0.39 is 5.78 Å². The van der Waals surface area contributed by atoms with Crippen molar-refractivity contribution < 1.29 is 18.7 Å². The number of hydrogen-bond acceptors (Lipinski definition) is 5. The van der Waals surface area contributed by atoms with Crippen LogP contribution in [0.25, 0.3) is 17.1 Å². The maximum atomic E-state index is 13.0. The first-order valence-corrected chi connectivity index (χ1v) is 6.29. The van der Waals surface area contributed by atoms with Crippen molar-refractivity contribution in [1.82, 2.24) is 15.2 Å². The molecule has 2 heterocycles. The van der Waals surface area contributed by atoms with Crippen LogP contribution in [0.1, 0.15) is 16.2 Å². The third-order valence-electron chi connectivity index (χ3n) is 2.95. The van der Waals surface area contributed by atoms with E-state index in [1.165, 1.54) is 42.9 Å². The summed E-state index contributed by atoms with van der Waals surface area (Å²) in [6.07, 6.45) is 3.64. The van der Waals surface area contributed by atoms with Gasteiger partial charge in [0.25, 0.3) is 0 Å². The Bertz CT molecular complexity index is 820. The molecular weight excluding hydrogens is 289 g/mol. The number of rotatable bonds is 4. The Morgan fingerprint density at radius 2 is 2.05 bits per heavy atom. The predicted molar refractivity (Wildman–Crippen MR) is 75.4 cm³/mol. The molecular formula is C15H10FN3O3. The van der Waals surface area contributed by atoms with Gasteiger partial charge in [0, 0.05) is 11.6 Å². The van der Waals surface area contributed by atoms with Crippen molar-refractivity contribution in [3.05, 3.63) is 66.2 Å². The van der Waals surface area contributed by atoms with E-state index >= 15 is 0 Å². The second-order valence-corrected chi connectivity index (χ2v) is 4.39. The maximum absolute atomic E-state index is 13.0. The van der Waals surface area contributed by atoms with Crippen LogP contribution in [0.4, 0.5) is 4.39 Å². The van der Waals surface area contributed by atoms with Crippen LogP contribution in [0.15, 0.2) is 53.4 Å². The molecule has 0 aliphatic heterocycles. The highest BCUT2D eigenvalue weighted by atomic mass is 19.1. The maximum Gasteiger partial charge on any atom is 0.215 e. The van der Waals surface area contributed by atoms with Gasteiger partial charge in [-0.1, -0.05) is 0 Å². The molecule has 22 heavy (non-hydrogen) atoms. The van der Waals surface area contributed by atoms with E-state index in [0.29, 0.717) is 11.3 Å². The third-order valence-corrected chi connectivity index (χ3v) is 2.95. The first-order chi connectivity index (χ1) is 10.6. The largest absolute Gasteiger partial charge is 0.504 e. The van der Waals surface area contributed by atoms with Gasteiger partial charge in [0.05, 0.1) is 11.8 Å². The minimum Gasteiger partial charge on any atom is -0.504 e. The Balaban J connectivity index is 1.93. The highest BCUT2D eigenvalue weighted by Gasteiger charge is 2.16. The predicted octanol–water partition coefficient (Wildman–Crippen LogP) is 2.99. The second kappa shape index (κ2) is 5.65. The number of hydrogen-bond donors (Lipinski definition) is 2. The number of aromatic nitrogens is 3. The van der Waals surface area contributed by atoms with Gasteiger partial charge in [0.15, 0.2) is 11.5 Å². The zero-order chi connectivity index (χ0) is 15.5. The molecule has 7 heteroatoms. The minimum absolute atomic E-state index is 0.0141. The molecule has 0 bridgehead atoms. The lowest BCUT2D eigenvalue weighted by atomic mass is 10.1. The quantitative estimate of drug-likeness (QED) is 0.439. The number of halogens is 1. The summed E-state index contributed by atoms with van der Waals surface area (Å²) < 4.78 is 18.3. The molecule has 0 fully saturated rings. The summed E-state index contributed by atoms with van der Waals surface area (Å²) in [6.45, 7) is 0. The number of nitrogens with zero attached hydrogens (tertiary/aromatic N) is 2. The number of furan rings is 1. The van der Waals surface area contributed by atoms with Gasteiger partial charge in [0.2, 0.25) is 5.82 Å². The van der Waals surface area contributed by atoms with Gasteiger partial charge in [0.1, 0.15) is 17.9 Å². The Morgan fingerprint density at radius 3 is 2.73 bits per heavy atom. The Kier molecular flexibility index (Phi) is 3.53. The van der Waals surface area contributed by atoms with Gasteiger partial charge in [-0.05, 0) is 30.3 Å². The van der Waals surface area contributed by atoms with Crippen molar-refractivity contribution in [2.45, 2.75) is 0 Å². The fourth-order valence-corrected chi connectivity index (χ4v) is 1.93. The van der Waals surface area contributed by atoms with Crippen molar-refractivity contribution in [1.29, 1.82) is 0 Å². The summed E-state index contributed by atoms with van der Waals surface area (Å²) in [5.74, 6) is -0.914. The van der Waals surface area contributed by atoms with Gasteiger partial charge in [-0.25, -0.2) is 9.37 Å². The number of aliphatic hydroxyl groups excluding tert-OH is 1. The van der Waals surface area contributed by atoms with E-state index in [-0.39, 0.29) is 23.0 Å². The van der Waals surface area contributed by atoms with E-state index in [2.05, 4.69) is 15.2 Å². The number of allylic oxidation sites excluding steroid dienone is 1. The molecule has 0 aliphatic carbocycles. The summed E-state index contributed by atoms with van der Waals surface area (Å²) in [6, 6.07) is 7.02. The summed E-state index contributed by atoms with van der Waals surface area (Å²) in [7, 11) is 0. The van der Waals surface area contributed by atoms with Crippen molar-refractivity contribution in [2.24, 2.45) is 0 Å². The van der Waals surface area contributed by atoms with Gasteiger partial charge < -0.3 is 9.52 Å². The molecule has 0 amide bonds. The molecule has 0 atom stereocenters. The number of ketones is 1. The average molecular weight is 299 g/mol. The molecule has 3 aromatic rings. The fraction of sp³-hybridized carbons (Fsp3) is 0. The molecule has 0 radical (unpaired) electrons. The molecule has 0 unspecified atom stereocenters. The van der Waals surface area contributed by atoms with Crippen LogP contribution in [0.5, 0.6) is 0 Å². The number of H-pyrrole nitrogens is 1. The van der Waals surface area contributed by atoms with Gasteiger partial charge in [-0.2, -0.15) is 5.10 Å². The molecule has 110 valence electrons. The Labute approximate surface area is 123 Å². The van der Waals surface area contributed by atoms with Crippen molar-refractivity contribution in [3.63, 3.8) is 0 Å². The van der Waals surface area contributed by atoms with Crippen LogP contribution < -0.4 is 0 Å². The number of benzene rings is 1. The van der Waals surface area contributed by atoms with Gasteiger partial charge in [-0.15, -0.1) is 0 Å². The molecule has 2 aromatic heterocycles. The molecule has 1 aromatic carbocycles. The van der Waals surface area contributed by atoms with Crippen LogP contribution in [-0.2, 0) is 0 Å². The summed E-state index contributed by atoms with van der Waals surface area (Å²) in [5, 5.41) is 15.9. The molecule has 0 aliphatic rings. The van der Waals surface area contributed by atoms with Crippen LogP contribution in [-0.4, -0.2) is 26.1 Å². The van der Waals surface area contributed by atoms with Crippen LogP contribution in [0.2, 0.25) is 0 Å². The first kappa shape index (κ1) is 13.7. The minimum atomic E-state index is -0.477. The normalized spacial score (nSPS) is 11.6. The second-order valence-electron chi connectivity index (χ2n) is 4.39. The van der Waals surface area contributed by atoms with Crippen LogP contribution in [0, 0.1) is 5.82 Å². The van der Waals surface area contributed by atoms with Crippen LogP contribution >= 0.6 is 0 Å². The smallest absolute Gasteiger partial charge is 0.215 e. The number of aliphatic hydroxyl groups is 1. The topological polar surface area (TPSA) is 92.0 Å². The molecule has 6 nitrogen and oxygen atoms in total. The summed E-state index contributed by atoms with van der Waals surface area (Å²) in [4.78, 5) is 16.0. The Morgan fingerprint density at radius 1 is 1.27 bits per heavy atom. The van der Waals surface area contributed by atoms with Crippen molar-refractivity contribution in [3.8, 4) is 11.3 Å². The van der Waals surface area contributed by atoms with E-state index in [4.69, 9.17) is 4.42 Å². The van der Waals surface area contributed by atoms with E-state index in [1.807, 2.05) is 0 Å². The lowest BCUT2D eigenvalue weighted by Crippen LogP contribution is -1.98. The van der Waals surface area contributed by atoms with Crippen molar-refractivity contribution in [2.75, 3.05) is 0 Å². The van der Waals surface area contributed by atoms with Gasteiger partial charge >= 0.3 is 0 Å². The summed E-state index contributed by atoms with van der Waals surface area (Å²) in [5.41, 5.74) is 0.800. The molecule has 0 saturated heterocycles. The van der Waals surface area contributed by atoms with Gasteiger partial charge in [-0.3, -0.25) is 9.89 Å². The summed E-state index contributed by atoms with van der Waals surface area (Å²) >= 11 is 0. The lowest BCUT2D eigenvalue weighted by molar-refractivity contribution is 0.104. The number of carbonyl (C=O) groups excluding carboxylic acids is 1. The molecule has 2 N–H and O–H groups in total. The highest BCUT2D eigenvalue weighted by molar-refractivity contribution is 6.10. The first-order valence-electron chi connectivity index (χ1n) is 6.29. The molecule has 0 saturated carbocycles. The average Bonchev–Trinajstić information content (AvgIpc) is 3.19. The Hall–Kier alpha value is -3.22. The van der Waals surface area contributed by atoms with E-state index in [9.17, 15) is 14.3 Å². The third kappa shape index (κ3) is 2.64. The number of nitrogens with one attached hydrogen (secondary N) is 1. The fourth-order valence-electron chi connectivity index (χ4n) is 1.93. The number of carbonyl (C=O) groups is 1. The van der Waals surface area contributed by atoms with Crippen molar-refractivity contribution >= 4 is 11.5 Å². The monoisotopic (exact) mass is 299 g/mol. The number of aromatic amines is 1. The van der Waals surface area contributed by atoms with E-state index in [0.717, 1.165) is 6.08 Å². The van der Waals surface area contributed by atoms with E-state index in [1.54, 1.807) is 0 Å². The highest BCUT2D eigenvalue weighted by Crippen LogP contribution is 2.26. The zero-order valence-corrected chi connectivity index (χ0v) is 11.2.